The lowest BCUT2D eigenvalue weighted by atomic mass is 10.4. The van der Waals surface area contributed by atoms with E-state index < -0.39 is 0 Å². The Bertz CT molecular complexity index is 60.2. The van der Waals surface area contributed by atoms with Crippen LogP contribution in [-0.4, -0.2) is 36.4 Å². The number of hydrogen-bond acceptors (Lipinski definition) is 4. The van der Waals surface area contributed by atoms with Crippen molar-refractivity contribution in [1.82, 2.24) is 5.01 Å². The fourth-order valence-corrected chi connectivity index (χ4v) is 0.535. The minimum atomic E-state index is 0.112. The Kier molecular flexibility index (Phi) is 5.86. The first-order valence-corrected chi connectivity index (χ1v) is 3.12. The number of rotatable bonds is 5. The molecule has 0 fully saturated rings. The second kappa shape index (κ2) is 5.97. The van der Waals surface area contributed by atoms with Crippen LogP contribution in [0.1, 0.15) is 6.42 Å². The molecule has 4 heteroatoms. The van der Waals surface area contributed by atoms with Gasteiger partial charge in [-0.3, -0.25) is 5.84 Å². The highest BCUT2D eigenvalue weighted by molar-refractivity contribution is 4.47. The summed E-state index contributed by atoms with van der Waals surface area (Å²) in [6.07, 6.45) is 0.885. The highest BCUT2D eigenvalue weighted by Crippen LogP contribution is 1.79. The first-order valence-electron chi connectivity index (χ1n) is 3.12. The summed E-state index contributed by atoms with van der Waals surface area (Å²) < 4.78 is 0. The van der Waals surface area contributed by atoms with E-state index in [1.54, 1.807) is 5.01 Å². The number of hydrogen-bond donors (Lipinski definition) is 3. The van der Waals surface area contributed by atoms with Crippen molar-refractivity contribution in [3.8, 4) is 0 Å². The third kappa shape index (κ3) is 5.72. The van der Waals surface area contributed by atoms with E-state index in [1.807, 2.05) is 0 Å². The summed E-state index contributed by atoms with van der Waals surface area (Å²) >= 11 is 0. The van der Waals surface area contributed by atoms with Gasteiger partial charge in [-0.15, -0.1) is 0 Å². The molecule has 0 amide bonds. The molecule has 0 saturated carbocycles. The molecule has 9 heavy (non-hydrogen) atoms. The van der Waals surface area contributed by atoms with Gasteiger partial charge >= 0.3 is 0 Å². The maximum atomic E-state index is 8.38. The molecular weight excluding hydrogens is 118 g/mol. The van der Waals surface area contributed by atoms with E-state index in [2.05, 4.69) is 0 Å². The quantitative estimate of drug-likeness (QED) is 0.315. The van der Waals surface area contributed by atoms with Crippen molar-refractivity contribution in [3.05, 3.63) is 0 Å². The summed E-state index contributed by atoms with van der Waals surface area (Å²) in [5, 5.41) is 9.95. The van der Waals surface area contributed by atoms with Gasteiger partial charge in [-0.1, -0.05) is 0 Å². The molecule has 0 spiro atoms. The summed E-state index contributed by atoms with van der Waals surface area (Å²) in [6, 6.07) is 0. The Morgan fingerprint density at radius 1 is 1.33 bits per heavy atom. The van der Waals surface area contributed by atoms with Crippen LogP contribution in [0.15, 0.2) is 0 Å². The van der Waals surface area contributed by atoms with Crippen molar-refractivity contribution >= 4 is 0 Å². The van der Waals surface area contributed by atoms with Gasteiger partial charge in [0.05, 0.1) is 6.61 Å². The monoisotopic (exact) mass is 133 g/mol. The summed E-state index contributed by atoms with van der Waals surface area (Å²) in [7, 11) is 0. The van der Waals surface area contributed by atoms with Crippen LogP contribution in [-0.2, 0) is 0 Å². The summed E-state index contributed by atoms with van der Waals surface area (Å²) in [5.41, 5.74) is 5.23. The Hall–Kier alpha value is -0.160. The molecule has 0 saturated heterocycles. The number of nitrogens with zero attached hydrogens (tertiary/aromatic N) is 1. The molecule has 0 aromatic carbocycles. The van der Waals surface area contributed by atoms with Gasteiger partial charge in [0.15, 0.2) is 0 Å². The third-order valence-electron chi connectivity index (χ3n) is 1.04. The van der Waals surface area contributed by atoms with E-state index in [9.17, 15) is 0 Å². The van der Waals surface area contributed by atoms with Gasteiger partial charge in [0.1, 0.15) is 0 Å². The summed E-state index contributed by atoms with van der Waals surface area (Å²) in [6.45, 7) is 2.05. The van der Waals surface area contributed by atoms with Crippen molar-refractivity contribution in [2.75, 3.05) is 26.2 Å². The van der Waals surface area contributed by atoms with Crippen molar-refractivity contribution in [3.63, 3.8) is 0 Å². The van der Waals surface area contributed by atoms with E-state index in [-0.39, 0.29) is 6.61 Å². The fraction of sp³-hybridized carbons (Fsp3) is 1.00. The van der Waals surface area contributed by atoms with Gasteiger partial charge in [0.2, 0.25) is 0 Å². The molecule has 4 nitrogen and oxygen atoms in total. The molecule has 0 aromatic heterocycles. The first-order chi connectivity index (χ1) is 4.31. The largest absolute Gasteiger partial charge is 0.395 e. The molecular formula is C5H15N3O. The predicted molar refractivity (Wildman–Crippen MR) is 36.5 cm³/mol. The van der Waals surface area contributed by atoms with Crippen LogP contribution in [0.2, 0.25) is 0 Å². The van der Waals surface area contributed by atoms with Crippen LogP contribution in [0.3, 0.4) is 0 Å². The molecule has 0 bridgehead atoms. The topological polar surface area (TPSA) is 75.5 Å². The van der Waals surface area contributed by atoms with Gasteiger partial charge in [-0.05, 0) is 13.0 Å². The molecule has 5 N–H and O–H groups in total. The molecule has 0 aliphatic heterocycles. The van der Waals surface area contributed by atoms with E-state index >= 15 is 0 Å². The number of nitrogens with two attached hydrogens (primary N) is 2. The van der Waals surface area contributed by atoms with Gasteiger partial charge < -0.3 is 10.8 Å². The molecule has 0 heterocycles. The van der Waals surface area contributed by atoms with E-state index in [0.29, 0.717) is 13.1 Å². The Morgan fingerprint density at radius 3 is 2.44 bits per heavy atom. The van der Waals surface area contributed by atoms with Crippen LogP contribution < -0.4 is 11.6 Å². The van der Waals surface area contributed by atoms with Crippen LogP contribution in [0.25, 0.3) is 0 Å². The maximum absolute atomic E-state index is 8.38. The lowest BCUT2D eigenvalue weighted by Crippen LogP contribution is -2.35. The lowest BCUT2D eigenvalue weighted by Gasteiger charge is -2.12. The van der Waals surface area contributed by atoms with E-state index in [4.69, 9.17) is 16.7 Å². The average molecular weight is 133 g/mol. The average Bonchev–Trinajstić information content (AvgIpc) is 1.85. The molecule has 0 aliphatic carbocycles. The SMILES string of the molecule is NCCCN(N)CCO. The Labute approximate surface area is 55.4 Å². The van der Waals surface area contributed by atoms with Gasteiger partial charge in [-0.2, -0.15) is 0 Å². The van der Waals surface area contributed by atoms with Crippen molar-refractivity contribution in [2.45, 2.75) is 6.42 Å². The minimum absolute atomic E-state index is 0.112. The third-order valence-corrected chi connectivity index (χ3v) is 1.04. The van der Waals surface area contributed by atoms with E-state index in [0.717, 1.165) is 13.0 Å². The highest BCUT2D eigenvalue weighted by atomic mass is 16.3. The molecule has 0 unspecified atom stereocenters. The number of aliphatic hydroxyl groups is 1. The molecule has 0 atom stereocenters. The van der Waals surface area contributed by atoms with Crippen LogP contribution in [0.5, 0.6) is 0 Å². The van der Waals surface area contributed by atoms with Gasteiger partial charge in [0, 0.05) is 13.1 Å². The van der Waals surface area contributed by atoms with Gasteiger partial charge in [-0.25, -0.2) is 5.01 Å². The fourth-order valence-electron chi connectivity index (χ4n) is 0.535. The Balaban J connectivity index is 2.95. The first kappa shape index (κ1) is 8.84. The summed E-state index contributed by atoms with van der Waals surface area (Å²) in [5.74, 6) is 5.39. The molecule has 0 aliphatic rings. The summed E-state index contributed by atoms with van der Waals surface area (Å²) in [4.78, 5) is 0. The smallest absolute Gasteiger partial charge is 0.0572 e. The van der Waals surface area contributed by atoms with E-state index in [1.165, 1.54) is 0 Å². The van der Waals surface area contributed by atoms with Crippen LogP contribution >= 0.6 is 0 Å². The second-order valence-electron chi connectivity index (χ2n) is 1.90. The number of hydrazine groups is 1. The zero-order chi connectivity index (χ0) is 7.11. The minimum Gasteiger partial charge on any atom is -0.395 e. The van der Waals surface area contributed by atoms with Crippen molar-refractivity contribution < 1.29 is 5.11 Å². The standard InChI is InChI=1S/C5H15N3O/c6-2-1-3-8(7)4-5-9/h9H,1-7H2. The van der Waals surface area contributed by atoms with Crippen molar-refractivity contribution in [1.29, 1.82) is 0 Å². The van der Waals surface area contributed by atoms with Crippen LogP contribution in [0.4, 0.5) is 0 Å². The zero-order valence-electron chi connectivity index (χ0n) is 5.58. The molecule has 0 rings (SSSR count). The molecule has 56 valence electrons. The highest BCUT2D eigenvalue weighted by Gasteiger charge is 1.93. The molecule has 0 aromatic rings. The zero-order valence-corrected chi connectivity index (χ0v) is 5.58. The van der Waals surface area contributed by atoms with Crippen molar-refractivity contribution in [2.24, 2.45) is 11.6 Å². The maximum Gasteiger partial charge on any atom is 0.0572 e. The second-order valence-corrected chi connectivity index (χ2v) is 1.90. The molecule has 0 radical (unpaired) electrons. The van der Waals surface area contributed by atoms with Crippen LogP contribution in [0, 0.1) is 0 Å². The predicted octanol–water partition coefficient (Wildman–Crippen LogP) is -1.50. The Morgan fingerprint density at radius 2 is 2.00 bits per heavy atom. The van der Waals surface area contributed by atoms with Gasteiger partial charge in [0.25, 0.3) is 0 Å². The normalized spacial score (nSPS) is 10.7. The lowest BCUT2D eigenvalue weighted by molar-refractivity contribution is 0.198. The number of aliphatic hydroxyl groups excluding tert-OH is 1.